The minimum Gasteiger partial charge on any atom is -0.497 e. The summed E-state index contributed by atoms with van der Waals surface area (Å²) >= 11 is 1.30. The molecule has 1 aromatic heterocycles. The Balaban J connectivity index is 2.13. The molecule has 1 heterocycles. The topological polar surface area (TPSA) is 99.2 Å². The van der Waals surface area contributed by atoms with Gasteiger partial charge in [0.15, 0.2) is 5.69 Å². The third-order valence-electron chi connectivity index (χ3n) is 4.08. The van der Waals surface area contributed by atoms with Crippen molar-refractivity contribution in [3.8, 4) is 11.5 Å². The van der Waals surface area contributed by atoms with Gasteiger partial charge < -0.3 is 29.2 Å². The second-order valence-electron chi connectivity index (χ2n) is 6.12. The number of esters is 1. The van der Waals surface area contributed by atoms with Crippen molar-refractivity contribution in [3.63, 3.8) is 0 Å². The average molecular weight is 438 g/mol. The van der Waals surface area contributed by atoms with E-state index >= 15 is 0 Å². The van der Waals surface area contributed by atoms with Crippen molar-refractivity contribution in [2.75, 3.05) is 46.4 Å². The highest BCUT2D eigenvalue weighted by molar-refractivity contribution is 7.09. The lowest BCUT2D eigenvalue weighted by molar-refractivity contribution is 0.0594. The van der Waals surface area contributed by atoms with Gasteiger partial charge >= 0.3 is 12.0 Å². The van der Waals surface area contributed by atoms with E-state index in [0.29, 0.717) is 48.4 Å². The molecule has 2 aromatic rings. The molecule has 0 atom stereocenters. The molecule has 9 nitrogen and oxygen atoms in total. The van der Waals surface area contributed by atoms with Crippen molar-refractivity contribution in [2.24, 2.45) is 0 Å². The van der Waals surface area contributed by atoms with Crippen molar-refractivity contribution >= 4 is 29.0 Å². The number of carbonyl (C=O) groups is 2. The van der Waals surface area contributed by atoms with Gasteiger partial charge in [0, 0.05) is 49.0 Å². The SMILES string of the molecule is CCOCCCN(Cc1nc(C(=O)OC)cs1)C(=O)Nc1cc(OC)cc(OC)c1. The van der Waals surface area contributed by atoms with E-state index in [9.17, 15) is 9.59 Å². The Labute approximate surface area is 179 Å². The minimum atomic E-state index is -0.506. The number of hydrogen-bond donors (Lipinski definition) is 1. The molecule has 0 saturated heterocycles. The van der Waals surface area contributed by atoms with Gasteiger partial charge in [-0.2, -0.15) is 0 Å². The summed E-state index contributed by atoms with van der Waals surface area (Å²) in [4.78, 5) is 30.5. The second-order valence-corrected chi connectivity index (χ2v) is 7.06. The number of nitrogens with one attached hydrogen (secondary N) is 1. The van der Waals surface area contributed by atoms with Gasteiger partial charge in [-0.15, -0.1) is 11.3 Å². The van der Waals surface area contributed by atoms with Crippen LogP contribution in [-0.4, -0.2) is 63.0 Å². The number of hydrogen-bond acceptors (Lipinski definition) is 8. The molecule has 0 aliphatic rings. The van der Waals surface area contributed by atoms with Crippen molar-refractivity contribution < 1.29 is 28.5 Å². The molecule has 0 aliphatic carbocycles. The summed E-state index contributed by atoms with van der Waals surface area (Å²) in [6.07, 6.45) is 0.665. The number of rotatable bonds is 11. The predicted molar refractivity (Wildman–Crippen MR) is 114 cm³/mol. The normalized spacial score (nSPS) is 10.4. The highest BCUT2D eigenvalue weighted by Crippen LogP contribution is 2.26. The maximum Gasteiger partial charge on any atom is 0.357 e. The zero-order chi connectivity index (χ0) is 21.9. The fraction of sp³-hybridized carbons (Fsp3) is 0.450. The molecule has 0 bridgehead atoms. The van der Waals surface area contributed by atoms with Crippen LogP contribution in [0.3, 0.4) is 0 Å². The molecule has 30 heavy (non-hydrogen) atoms. The Morgan fingerprint density at radius 1 is 1.13 bits per heavy atom. The van der Waals surface area contributed by atoms with E-state index in [1.54, 1.807) is 42.7 Å². The second kappa shape index (κ2) is 12.0. The van der Waals surface area contributed by atoms with E-state index in [1.165, 1.54) is 18.4 Å². The van der Waals surface area contributed by atoms with Gasteiger partial charge in [0.25, 0.3) is 0 Å². The van der Waals surface area contributed by atoms with E-state index in [0.717, 1.165) is 0 Å². The minimum absolute atomic E-state index is 0.227. The number of thiazole rings is 1. The Morgan fingerprint density at radius 3 is 2.43 bits per heavy atom. The highest BCUT2D eigenvalue weighted by Gasteiger charge is 2.18. The maximum atomic E-state index is 13.0. The first-order valence-corrected chi connectivity index (χ1v) is 10.3. The summed E-state index contributed by atoms with van der Waals surface area (Å²) in [6, 6.07) is 4.82. The zero-order valence-corrected chi connectivity index (χ0v) is 18.4. The van der Waals surface area contributed by atoms with Gasteiger partial charge in [0.1, 0.15) is 16.5 Å². The standard InChI is InChI=1S/C20H27N3O6S/c1-5-29-8-6-7-23(12-18-22-17(13-30-18)19(24)28-4)20(25)21-14-9-15(26-2)11-16(10-14)27-3/h9-11,13H,5-8,12H2,1-4H3,(H,21,25). The Hall–Kier alpha value is -2.85. The van der Waals surface area contributed by atoms with Gasteiger partial charge in [-0.3, -0.25) is 0 Å². The van der Waals surface area contributed by atoms with E-state index in [-0.39, 0.29) is 18.3 Å². The number of ether oxygens (including phenoxy) is 4. The molecule has 164 valence electrons. The molecular formula is C20H27N3O6S. The lowest BCUT2D eigenvalue weighted by atomic mass is 10.2. The van der Waals surface area contributed by atoms with E-state index in [1.807, 2.05) is 6.92 Å². The average Bonchev–Trinajstić information content (AvgIpc) is 3.23. The van der Waals surface area contributed by atoms with Crippen molar-refractivity contribution in [3.05, 3.63) is 34.3 Å². The fourth-order valence-electron chi connectivity index (χ4n) is 2.58. The van der Waals surface area contributed by atoms with Crippen LogP contribution in [0.1, 0.15) is 28.8 Å². The first-order valence-electron chi connectivity index (χ1n) is 9.40. The van der Waals surface area contributed by atoms with Crippen LogP contribution in [0.2, 0.25) is 0 Å². The molecule has 1 aromatic carbocycles. The molecule has 0 unspecified atom stereocenters. The van der Waals surface area contributed by atoms with Crippen molar-refractivity contribution in [2.45, 2.75) is 19.9 Å². The molecule has 1 N–H and O–H groups in total. The highest BCUT2D eigenvalue weighted by atomic mass is 32.1. The summed E-state index contributed by atoms with van der Waals surface area (Å²) in [5, 5.41) is 5.11. The summed E-state index contributed by atoms with van der Waals surface area (Å²) < 4.78 is 20.6. The van der Waals surface area contributed by atoms with Gasteiger partial charge in [0.05, 0.1) is 27.9 Å². The van der Waals surface area contributed by atoms with Crippen LogP contribution in [0.15, 0.2) is 23.6 Å². The van der Waals surface area contributed by atoms with Crippen LogP contribution in [0.5, 0.6) is 11.5 Å². The molecule has 0 fully saturated rings. The fourth-order valence-corrected chi connectivity index (χ4v) is 3.36. The Morgan fingerprint density at radius 2 is 1.83 bits per heavy atom. The number of methoxy groups -OCH3 is 3. The third kappa shape index (κ3) is 6.89. The van der Waals surface area contributed by atoms with Crippen LogP contribution in [0.4, 0.5) is 10.5 Å². The number of aromatic nitrogens is 1. The molecule has 0 aliphatic heterocycles. The molecule has 2 rings (SSSR count). The number of nitrogens with zero attached hydrogens (tertiary/aromatic N) is 2. The Bertz CT molecular complexity index is 819. The molecule has 0 radical (unpaired) electrons. The molecule has 0 saturated carbocycles. The van der Waals surface area contributed by atoms with Crippen LogP contribution in [-0.2, 0) is 16.0 Å². The molecule has 10 heteroatoms. The largest absolute Gasteiger partial charge is 0.497 e. The van der Waals surface area contributed by atoms with Crippen LogP contribution in [0.25, 0.3) is 0 Å². The summed E-state index contributed by atoms with van der Waals surface area (Å²) in [7, 11) is 4.39. The smallest absolute Gasteiger partial charge is 0.357 e. The van der Waals surface area contributed by atoms with E-state index in [2.05, 4.69) is 15.0 Å². The summed E-state index contributed by atoms with van der Waals surface area (Å²) in [5.41, 5.74) is 0.769. The van der Waals surface area contributed by atoms with Gasteiger partial charge in [-0.05, 0) is 13.3 Å². The number of amides is 2. The lowest BCUT2D eigenvalue weighted by Gasteiger charge is -2.22. The molecule has 0 spiro atoms. The monoisotopic (exact) mass is 437 g/mol. The zero-order valence-electron chi connectivity index (χ0n) is 17.6. The van der Waals surface area contributed by atoms with Crippen LogP contribution < -0.4 is 14.8 Å². The van der Waals surface area contributed by atoms with Gasteiger partial charge in [0.2, 0.25) is 0 Å². The number of benzene rings is 1. The Kier molecular flexibility index (Phi) is 9.36. The first kappa shape index (κ1) is 23.4. The van der Waals surface area contributed by atoms with Crippen LogP contribution in [0, 0.1) is 0 Å². The molecule has 2 amide bonds. The van der Waals surface area contributed by atoms with Crippen LogP contribution >= 0.6 is 11.3 Å². The number of anilines is 1. The predicted octanol–water partition coefficient (Wildman–Crippen LogP) is 3.41. The van der Waals surface area contributed by atoms with Gasteiger partial charge in [-0.25, -0.2) is 14.6 Å². The van der Waals surface area contributed by atoms with E-state index < -0.39 is 5.97 Å². The molecular weight excluding hydrogens is 410 g/mol. The summed E-state index contributed by atoms with van der Waals surface area (Å²) in [6.45, 7) is 3.79. The third-order valence-corrected chi connectivity index (χ3v) is 4.92. The van der Waals surface area contributed by atoms with Crippen molar-refractivity contribution in [1.82, 2.24) is 9.88 Å². The maximum absolute atomic E-state index is 13.0. The first-order chi connectivity index (χ1) is 14.5. The quantitative estimate of drug-likeness (QED) is 0.425. The van der Waals surface area contributed by atoms with Crippen molar-refractivity contribution in [1.29, 1.82) is 0 Å². The summed E-state index contributed by atoms with van der Waals surface area (Å²) in [5.74, 6) is 0.624. The van der Waals surface area contributed by atoms with Gasteiger partial charge in [-0.1, -0.05) is 0 Å². The lowest BCUT2D eigenvalue weighted by Crippen LogP contribution is -2.35. The number of carbonyl (C=O) groups excluding carboxylic acids is 2. The number of urea groups is 1. The van der Waals surface area contributed by atoms with E-state index in [4.69, 9.17) is 14.2 Å².